The Hall–Kier alpha value is -1.78. The second-order valence-corrected chi connectivity index (χ2v) is 8.09. The van der Waals surface area contributed by atoms with Gasteiger partial charge in [0.1, 0.15) is 0 Å². The first-order valence-corrected chi connectivity index (χ1v) is 9.89. The number of hydrogen-bond donors (Lipinski definition) is 2. The van der Waals surface area contributed by atoms with Crippen LogP contribution in [0.5, 0.6) is 0 Å². The smallest absolute Gasteiger partial charge is 0.251 e. The molecule has 2 aromatic rings. The van der Waals surface area contributed by atoms with Crippen LogP contribution in [0.1, 0.15) is 35.7 Å². The van der Waals surface area contributed by atoms with E-state index in [0.717, 1.165) is 43.8 Å². The van der Waals surface area contributed by atoms with Crippen LogP contribution in [-0.4, -0.2) is 25.5 Å². The van der Waals surface area contributed by atoms with Gasteiger partial charge in [0.05, 0.1) is 0 Å². The molecule has 2 aromatic carbocycles. The van der Waals surface area contributed by atoms with E-state index in [9.17, 15) is 4.79 Å². The van der Waals surface area contributed by atoms with Crippen LogP contribution in [0.2, 0.25) is 0 Å². The Labute approximate surface area is 154 Å². The molecule has 1 aliphatic rings. The number of amides is 1. The number of hydrogen-bond acceptors (Lipinski definition) is 3. The van der Waals surface area contributed by atoms with E-state index in [0.29, 0.717) is 0 Å². The molecule has 3 rings (SSSR count). The lowest BCUT2D eigenvalue weighted by Crippen LogP contribution is -2.42. The van der Waals surface area contributed by atoms with Gasteiger partial charge in [-0.25, -0.2) is 0 Å². The first-order chi connectivity index (χ1) is 12.1. The van der Waals surface area contributed by atoms with Crippen molar-refractivity contribution in [3.63, 3.8) is 0 Å². The average molecular weight is 355 g/mol. The Morgan fingerprint density at radius 3 is 2.44 bits per heavy atom. The van der Waals surface area contributed by atoms with E-state index in [1.807, 2.05) is 30.3 Å². The molecule has 25 heavy (non-hydrogen) atoms. The minimum absolute atomic E-state index is 0.0272. The van der Waals surface area contributed by atoms with Crippen LogP contribution in [0.4, 0.5) is 0 Å². The molecule has 0 aromatic heterocycles. The fourth-order valence-electron chi connectivity index (χ4n) is 3.05. The average Bonchev–Trinajstić information content (AvgIpc) is 2.66. The van der Waals surface area contributed by atoms with Crippen molar-refractivity contribution in [2.45, 2.75) is 30.4 Å². The van der Waals surface area contributed by atoms with Crippen molar-refractivity contribution < 1.29 is 4.79 Å². The normalized spacial score (nSPS) is 16.4. The zero-order valence-electron chi connectivity index (χ0n) is 14.8. The molecule has 0 spiro atoms. The van der Waals surface area contributed by atoms with Gasteiger partial charge in [0.15, 0.2) is 0 Å². The summed E-state index contributed by atoms with van der Waals surface area (Å²) in [6, 6.07) is 18.3. The molecule has 1 fully saturated rings. The van der Waals surface area contributed by atoms with E-state index in [1.165, 1.54) is 10.5 Å². The van der Waals surface area contributed by atoms with Crippen LogP contribution in [0.15, 0.2) is 59.5 Å². The van der Waals surface area contributed by atoms with Gasteiger partial charge in [-0.05, 0) is 61.2 Å². The van der Waals surface area contributed by atoms with E-state index in [-0.39, 0.29) is 11.3 Å². The van der Waals surface area contributed by atoms with E-state index in [4.69, 9.17) is 0 Å². The second kappa shape index (κ2) is 8.54. The quantitative estimate of drug-likeness (QED) is 0.768. The number of thioether (sulfide) groups is 1. The van der Waals surface area contributed by atoms with Gasteiger partial charge in [0.2, 0.25) is 0 Å². The number of rotatable bonds is 6. The summed E-state index contributed by atoms with van der Waals surface area (Å²) in [5, 5.41) is 6.49. The molecule has 1 saturated heterocycles. The van der Waals surface area contributed by atoms with Gasteiger partial charge in [-0.1, -0.05) is 37.3 Å². The summed E-state index contributed by atoms with van der Waals surface area (Å²) in [5.41, 5.74) is 2.26. The molecular formula is C21H26N2OS. The third-order valence-electron chi connectivity index (χ3n) is 4.85. The highest BCUT2D eigenvalue weighted by Crippen LogP contribution is 2.27. The molecule has 0 aliphatic carbocycles. The largest absolute Gasteiger partial charge is 0.351 e. The fourth-order valence-corrected chi connectivity index (χ4v) is 3.90. The molecule has 1 heterocycles. The molecule has 4 heteroatoms. The molecule has 0 bridgehead atoms. The van der Waals surface area contributed by atoms with Crippen LogP contribution in [0.3, 0.4) is 0 Å². The number of benzene rings is 2. The summed E-state index contributed by atoms with van der Waals surface area (Å²) in [6.45, 7) is 5.09. The zero-order valence-corrected chi connectivity index (χ0v) is 15.6. The Balaban J connectivity index is 1.50. The predicted octanol–water partition coefficient (Wildman–Crippen LogP) is 4.10. The zero-order chi connectivity index (χ0) is 17.5. The van der Waals surface area contributed by atoms with Crippen molar-refractivity contribution in [2.75, 3.05) is 19.6 Å². The van der Waals surface area contributed by atoms with Gasteiger partial charge < -0.3 is 10.6 Å². The van der Waals surface area contributed by atoms with E-state index >= 15 is 0 Å². The molecule has 0 atom stereocenters. The van der Waals surface area contributed by atoms with Gasteiger partial charge in [0, 0.05) is 22.8 Å². The SMILES string of the molecule is CC1(CNC(=O)c2ccc(SCc3ccccc3)cc2)CCNCC1. The van der Waals surface area contributed by atoms with Gasteiger partial charge >= 0.3 is 0 Å². The number of carbonyl (C=O) groups is 1. The predicted molar refractivity (Wildman–Crippen MR) is 105 cm³/mol. The van der Waals surface area contributed by atoms with Gasteiger partial charge in [0.25, 0.3) is 5.91 Å². The van der Waals surface area contributed by atoms with Crippen molar-refractivity contribution in [1.29, 1.82) is 0 Å². The highest BCUT2D eigenvalue weighted by Gasteiger charge is 2.27. The Kier molecular flexibility index (Phi) is 6.16. The van der Waals surface area contributed by atoms with Crippen LogP contribution in [0, 0.1) is 5.41 Å². The van der Waals surface area contributed by atoms with Crippen LogP contribution in [0.25, 0.3) is 0 Å². The summed E-state index contributed by atoms with van der Waals surface area (Å²) in [6.07, 6.45) is 2.23. The first kappa shape index (κ1) is 18.0. The van der Waals surface area contributed by atoms with E-state index in [2.05, 4.69) is 41.8 Å². The lowest BCUT2D eigenvalue weighted by Gasteiger charge is -2.34. The molecule has 1 aliphatic heterocycles. The third kappa shape index (κ3) is 5.35. The maximum atomic E-state index is 12.4. The lowest BCUT2D eigenvalue weighted by molar-refractivity contribution is 0.0922. The highest BCUT2D eigenvalue weighted by atomic mass is 32.2. The molecule has 1 amide bonds. The van der Waals surface area contributed by atoms with Gasteiger partial charge in [-0.15, -0.1) is 11.8 Å². The molecule has 0 unspecified atom stereocenters. The summed E-state index contributed by atoms with van der Waals surface area (Å²) in [5.74, 6) is 0.970. The third-order valence-corrected chi connectivity index (χ3v) is 5.93. The minimum Gasteiger partial charge on any atom is -0.351 e. The van der Waals surface area contributed by atoms with Crippen LogP contribution in [-0.2, 0) is 5.75 Å². The summed E-state index contributed by atoms with van der Waals surface area (Å²) < 4.78 is 0. The fraction of sp³-hybridized carbons (Fsp3) is 0.381. The number of carbonyl (C=O) groups excluding carboxylic acids is 1. The van der Waals surface area contributed by atoms with E-state index in [1.54, 1.807) is 11.8 Å². The highest BCUT2D eigenvalue weighted by molar-refractivity contribution is 7.98. The summed E-state index contributed by atoms with van der Waals surface area (Å²) >= 11 is 1.79. The molecule has 0 saturated carbocycles. The minimum atomic E-state index is 0.0272. The van der Waals surface area contributed by atoms with Crippen molar-refractivity contribution >= 4 is 17.7 Å². The Bertz CT molecular complexity index is 679. The Morgan fingerprint density at radius 2 is 1.76 bits per heavy atom. The molecule has 2 N–H and O–H groups in total. The molecule has 0 radical (unpaired) electrons. The van der Waals surface area contributed by atoms with E-state index < -0.39 is 0 Å². The molecule has 3 nitrogen and oxygen atoms in total. The van der Waals surface area contributed by atoms with Crippen molar-refractivity contribution in [3.8, 4) is 0 Å². The first-order valence-electron chi connectivity index (χ1n) is 8.90. The maximum Gasteiger partial charge on any atom is 0.251 e. The van der Waals surface area contributed by atoms with Crippen molar-refractivity contribution in [2.24, 2.45) is 5.41 Å². The standard InChI is InChI=1S/C21H26N2OS/c1-21(11-13-22-14-12-21)16-23-20(24)18-7-9-19(10-8-18)25-15-17-5-3-2-4-6-17/h2-10,22H,11-16H2,1H3,(H,23,24). The molecule has 132 valence electrons. The monoisotopic (exact) mass is 354 g/mol. The lowest BCUT2D eigenvalue weighted by atomic mass is 9.81. The van der Waals surface area contributed by atoms with Crippen molar-refractivity contribution in [3.05, 3.63) is 65.7 Å². The number of piperidine rings is 1. The topological polar surface area (TPSA) is 41.1 Å². The van der Waals surface area contributed by atoms with Crippen LogP contribution >= 0.6 is 11.8 Å². The summed E-state index contributed by atoms with van der Waals surface area (Å²) in [4.78, 5) is 13.6. The second-order valence-electron chi connectivity index (χ2n) is 7.04. The molecular weight excluding hydrogens is 328 g/mol. The van der Waals surface area contributed by atoms with Crippen LogP contribution < -0.4 is 10.6 Å². The summed E-state index contributed by atoms with van der Waals surface area (Å²) in [7, 11) is 0. The van der Waals surface area contributed by atoms with Gasteiger partial charge in [-0.2, -0.15) is 0 Å². The Morgan fingerprint density at radius 1 is 1.08 bits per heavy atom. The van der Waals surface area contributed by atoms with Gasteiger partial charge in [-0.3, -0.25) is 4.79 Å². The van der Waals surface area contributed by atoms with Crippen molar-refractivity contribution in [1.82, 2.24) is 10.6 Å². The maximum absolute atomic E-state index is 12.4. The number of nitrogens with one attached hydrogen (secondary N) is 2.